The third-order valence-electron chi connectivity index (χ3n) is 7.17. The minimum atomic E-state index is 0.230. The number of ether oxygens (including phenoxy) is 1. The van der Waals surface area contributed by atoms with Gasteiger partial charge in [-0.15, -0.1) is 0 Å². The monoisotopic (exact) mass is 481 g/mol. The predicted octanol–water partition coefficient (Wildman–Crippen LogP) is 6.01. The maximum absolute atomic E-state index is 13.4. The quantitative estimate of drug-likeness (QED) is 0.351. The van der Waals surface area contributed by atoms with Crippen molar-refractivity contribution in [3.63, 3.8) is 0 Å². The molecule has 0 unspecified atom stereocenters. The number of rotatable bonds is 9. The number of piperidine rings is 1. The van der Waals surface area contributed by atoms with E-state index < -0.39 is 0 Å². The number of aliphatic imine (C=N–C) groups is 1. The minimum absolute atomic E-state index is 0.230. The van der Waals surface area contributed by atoms with E-state index in [1.54, 1.807) is 0 Å². The molecule has 0 radical (unpaired) electrons. The topological polar surface area (TPSA) is 54.8 Å². The lowest BCUT2D eigenvalue weighted by Gasteiger charge is -2.33. The Bertz CT molecular complexity index is 1270. The van der Waals surface area contributed by atoms with Gasteiger partial charge in [0.1, 0.15) is 5.75 Å². The summed E-state index contributed by atoms with van der Waals surface area (Å²) in [5.41, 5.74) is 7.30. The van der Waals surface area contributed by atoms with Gasteiger partial charge in [0.25, 0.3) is 0 Å². The molecule has 5 nitrogen and oxygen atoms in total. The molecular formula is C31H35N3O2. The molecule has 0 spiro atoms. The molecule has 0 saturated carbocycles. The molecule has 0 N–H and O–H groups in total. The Morgan fingerprint density at radius 3 is 2.89 bits per heavy atom. The Morgan fingerprint density at radius 1 is 1.14 bits per heavy atom. The number of hydrogen-bond donors (Lipinski definition) is 0. The molecule has 0 bridgehead atoms. The summed E-state index contributed by atoms with van der Waals surface area (Å²) in [5.74, 6) is 1.59. The lowest BCUT2D eigenvalue weighted by molar-refractivity contribution is 0.0912. The van der Waals surface area contributed by atoms with Crippen molar-refractivity contribution in [3.05, 3.63) is 94.3 Å². The van der Waals surface area contributed by atoms with E-state index in [0.717, 1.165) is 79.3 Å². The number of aryl methyl sites for hydroxylation is 1. The Labute approximate surface area is 214 Å². The molecule has 0 aliphatic carbocycles. The van der Waals surface area contributed by atoms with Gasteiger partial charge in [-0.1, -0.05) is 37.3 Å². The lowest BCUT2D eigenvalue weighted by atomic mass is 9.89. The van der Waals surface area contributed by atoms with E-state index in [9.17, 15) is 4.79 Å². The van der Waals surface area contributed by atoms with Crippen LogP contribution >= 0.6 is 0 Å². The van der Waals surface area contributed by atoms with Crippen molar-refractivity contribution in [2.45, 2.75) is 52.6 Å². The maximum atomic E-state index is 13.4. The normalized spacial score (nSPS) is 17.5. The molecule has 2 aliphatic rings. The third kappa shape index (κ3) is 5.57. The average molecular weight is 482 g/mol. The van der Waals surface area contributed by atoms with Crippen molar-refractivity contribution < 1.29 is 9.53 Å². The molecule has 0 amide bonds. The smallest absolute Gasteiger partial charge is 0.163 e. The highest BCUT2D eigenvalue weighted by Crippen LogP contribution is 2.28. The molecule has 3 aromatic rings. The Balaban J connectivity index is 1.24. The number of benzene rings is 2. The van der Waals surface area contributed by atoms with Crippen LogP contribution in [0.1, 0.15) is 70.9 Å². The highest BCUT2D eigenvalue weighted by atomic mass is 16.5. The van der Waals surface area contributed by atoms with Crippen molar-refractivity contribution in [2.24, 2.45) is 10.9 Å². The predicted molar refractivity (Wildman–Crippen MR) is 144 cm³/mol. The first-order chi connectivity index (χ1) is 17.6. The van der Waals surface area contributed by atoms with E-state index >= 15 is 0 Å². The molecule has 1 fully saturated rings. The van der Waals surface area contributed by atoms with E-state index in [0.29, 0.717) is 18.9 Å². The van der Waals surface area contributed by atoms with Crippen LogP contribution in [0.2, 0.25) is 0 Å². The van der Waals surface area contributed by atoms with Gasteiger partial charge in [0.15, 0.2) is 5.78 Å². The summed E-state index contributed by atoms with van der Waals surface area (Å²) in [7, 11) is 0. The van der Waals surface area contributed by atoms with Gasteiger partial charge in [-0.25, -0.2) is 0 Å². The van der Waals surface area contributed by atoms with E-state index in [4.69, 9.17) is 9.73 Å². The van der Waals surface area contributed by atoms with E-state index in [2.05, 4.69) is 53.2 Å². The second kappa shape index (κ2) is 11.2. The Morgan fingerprint density at radius 2 is 2.03 bits per heavy atom. The van der Waals surface area contributed by atoms with Crippen LogP contribution in [0, 0.1) is 12.8 Å². The molecule has 3 heterocycles. The average Bonchev–Trinajstić information content (AvgIpc) is 3.32. The molecule has 1 saturated heterocycles. The van der Waals surface area contributed by atoms with Crippen LogP contribution in [0.5, 0.6) is 5.75 Å². The van der Waals surface area contributed by atoms with Crippen LogP contribution < -0.4 is 4.74 Å². The van der Waals surface area contributed by atoms with Gasteiger partial charge < -0.3 is 4.74 Å². The molecule has 1 aromatic heterocycles. The zero-order valence-corrected chi connectivity index (χ0v) is 21.4. The molecule has 5 heteroatoms. The van der Waals surface area contributed by atoms with E-state index in [1.165, 1.54) is 11.1 Å². The zero-order valence-electron chi connectivity index (χ0n) is 21.4. The largest absolute Gasteiger partial charge is 0.493 e. The number of para-hydroxylation sites is 1. The van der Waals surface area contributed by atoms with Gasteiger partial charge in [-0.05, 0) is 68.5 Å². The maximum Gasteiger partial charge on any atom is 0.163 e. The molecule has 186 valence electrons. The van der Waals surface area contributed by atoms with Gasteiger partial charge >= 0.3 is 0 Å². The summed E-state index contributed by atoms with van der Waals surface area (Å²) >= 11 is 0. The number of hydrogen-bond acceptors (Lipinski definition) is 5. The summed E-state index contributed by atoms with van der Waals surface area (Å²) in [6, 6.07) is 18.5. The van der Waals surface area contributed by atoms with Crippen molar-refractivity contribution >= 4 is 11.5 Å². The number of ketones is 1. The first-order valence-corrected chi connectivity index (χ1v) is 13.2. The highest BCUT2D eigenvalue weighted by Gasteiger charge is 2.25. The standard InChI is InChI=1S/C31H35N3O2/c1-3-15-36-30-9-5-4-8-27(30)21-34-14-6-7-23(20-34)17-29(35)24-10-11-26-19-33-31(28(26)18-24)25-12-13-32-22(2)16-25/h4-5,8-13,16,18,23H,3,6-7,14-15,17,19-21H2,1-2H3/t23-/m0/s1. The molecule has 1 atom stereocenters. The minimum Gasteiger partial charge on any atom is -0.493 e. The Kier molecular flexibility index (Phi) is 7.57. The fourth-order valence-electron chi connectivity index (χ4n) is 5.37. The summed E-state index contributed by atoms with van der Waals surface area (Å²) in [5, 5.41) is 0. The fraction of sp³-hybridized carbons (Fsp3) is 0.387. The van der Waals surface area contributed by atoms with Crippen LogP contribution in [0.4, 0.5) is 0 Å². The summed E-state index contributed by atoms with van der Waals surface area (Å²) in [6.07, 6.45) is 5.64. The number of fused-ring (bicyclic) bond motifs is 1. The van der Waals surface area contributed by atoms with Crippen molar-refractivity contribution in [1.82, 2.24) is 9.88 Å². The summed E-state index contributed by atoms with van der Waals surface area (Å²) < 4.78 is 5.97. The number of pyridine rings is 1. The van der Waals surface area contributed by atoms with Crippen LogP contribution in [0.3, 0.4) is 0 Å². The Hall–Kier alpha value is -3.31. The van der Waals surface area contributed by atoms with Crippen LogP contribution in [0.15, 0.2) is 65.8 Å². The van der Waals surface area contributed by atoms with Gasteiger partial charge in [0, 0.05) is 53.7 Å². The van der Waals surface area contributed by atoms with Gasteiger partial charge in [-0.2, -0.15) is 0 Å². The number of nitrogens with zero attached hydrogens (tertiary/aromatic N) is 3. The van der Waals surface area contributed by atoms with Crippen molar-refractivity contribution in [3.8, 4) is 5.75 Å². The number of carbonyl (C=O) groups excluding carboxylic acids is 1. The van der Waals surface area contributed by atoms with Gasteiger partial charge in [0.05, 0.1) is 18.9 Å². The lowest BCUT2D eigenvalue weighted by Crippen LogP contribution is -2.35. The number of carbonyl (C=O) groups is 1. The second-order valence-electron chi connectivity index (χ2n) is 10.0. The third-order valence-corrected chi connectivity index (χ3v) is 7.17. The van der Waals surface area contributed by atoms with E-state index in [1.807, 2.05) is 31.3 Å². The number of aromatic nitrogens is 1. The first kappa shape index (κ1) is 24.4. The number of likely N-dealkylation sites (tertiary alicyclic amines) is 1. The van der Waals surface area contributed by atoms with Crippen LogP contribution in [0.25, 0.3) is 0 Å². The van der Waals surface area contributed by atoms with Gasteiger partial charge in [-0.3, -0.25) is 19.7 Å². The van der Waals surface area contributed by atoms with E-state index in [-0.39, 0.29) is 5.78 Å². The fourth-order valence-corrected chi connectivity index (χ4v) is 5.37. The molecule has 2 aliphatic heterocycles. The highest BCUT2D eigenvalue weighted by molar-refractivity contribution is 6.16. The van der Waals surface area contributed by atoms with Crippen LogP contribution in [-0.4, -0.2) is 41.1 Å². The van der Waals surface area contributed by atoms with Gasteiger partial charge in [0.2, 0.25) is 0 Å². The van der Waals surface area contributed by atoms with Crippen LogP contribution in [-0.2, 0) is 13.1 Å². The van der Waals surface area contributed by atoms with Crippen molar-refractivity contribution in [2.75, 3.05) is 19.7 Å². The SMILES string of the molecule is CCCOc1ccccc1CN1CCC[C@@H](CC(=O)c2ccc3c(c2)C(c2ccnc(C)c2)=NC3)C1. The summed E-state index contributed by atoms with van der Waals surface area (Å²) in [4.78, 5) is 24.9. The molecule has 36 heavy (non-hydrogen) atoms. The first-order valence-electron chi connectivity index (χ1n) is 13.2. The molecule has 5 rings (SSSR count). The zero-order chi connectivity index (χ0) is 24.9. The molecule has 2 aromatic carbocycles. The second-order valence-corrected chi connectivity index (χ2v) is 10.0. The number of Topliss-reactive ketones (excluding diaryl/α,β-unsaturated/α-hetero) is 1. The summed E-state index contributed by atoms with van der Waals surface area (Å²) in [6.45, 7) is 8.41. The van der Waals surface area contributed by atoms with Crippen molar-refractivity contribution in [1.29, 1.82) is 0 Å². The molecular weight excluding hydrogens is 446 g/mol.